The molecule has 4 nitrogen and oxygen atoms in total. The molecule has 1 aromatic rings. The van der Waals surface area contributed by atoms with Crippen LogP contribution in [0.25, 0.3) is 0 Å². The minimum Gasteiger partial charge on any atom is -0.348 e. The van der Waals surface area contributed by atoms with Crippen LogP contribution in [0.1, 0.15) is 37.6 Å². The van der Waals surface area contributed by atoms with Crippen molar-refractivity contribution in [3.8, 4) is 0 Å². The molecule has 2 heterocycles. The first-order valence-electron chi connectivity index (χ1n) is 7.37. The largest absolute Gasteiger partial charge is 0.348 e. The van der Waals surface area contributed by atoms with Crippen molar-refractivity contribution in [1.82, 2.24) is 10.2 Å². The van der Waals surface area contributed by atoms with Gasteiger partial charge in [0.05, 0.1) is 12.6 Å². The van der Waals surface area contributed by atoms with Gasteiger partial charge in [-0.25, -0.2) is 0 Å². The number of thiophene rings is 1. The highest BCUT2D eigenvalue weighted by atomic mass is 32.1. The van der Waals surface area contributed by atoms with Crippen molar-refractivity contribution in [2.45, 2.75) is 38.8 Å². The minimum absolute atomic E-state index is 0.0857. The predicted octanol–water partition coefficient (Wildman–Crippen LogP) is 1.98. The summed E-state index contributed by atoms with van der Waals surface area (Å²) in [6.07, 6.45) is 2.26. The first kappa shape index (κ1) is 15.5. The van der Waals surface area contributed by atoms with Crippen LogP contribution in [0.3, 0.4) is 0 Å². The van der Waals surface area contributed by atoms with E-state index in [9.17, 15) is 4.79 Å². The Kier molecular flexibility index (Phi) is 5.57. The summed E-state index contributed by atoms with van der Waals surface area (Å²) in [5, 5.41) is 5.11. The molecule has 3 unspecified atom stereocenters. The lowest BCUT2D eigenvalue weighted by atomic mass is 9.92. The highest BCUT2D eigenvalue weighted by Gasteiger charge is 2.27. The maximum absolute atomic E-state index is 12.2. The zero-order valence-electron chi connectivity index (χ0n) is 12.3. The van der Waals surface area contributed by atoms with Crippen molar-refractivity contribution in [3.63, 3.8) is 0 Å². The second-order valence-corrected chi connectivity index (χ2v) is 6.77. The number of likely N-dealkylation sites (tertiary alicyclic amines) is 1. The molecule has 0 saturated carbocycles. The van der Waals surface area contributed by atoms with E-state index in [0.29, 0.717) is 25.0 Å². The summed E-state index contributed by atoms with van der Waals surface area (Å²) in [7, 11) is 0. The van der Waals surface area contributed by atoms with Crippen LogP contribution in [0.2, 0.25) is 0 Å². The first-order valence-corrected chi connectivity index (χ1v) is 8.25. The maximum Gasteiger partial charge on any atom is 0.234 e. The van der Waals surface area contributed by atoms with Crippen molar-refractivity contribution < 1.29 is 4.79 Å². The number of carbonyl (C=O) groups is 1. The zero-order chi connectivity index (χ0) is 14.5. The van der Waals surface area contributed by atoms with Gasteiger partial charge in [0.15, 0.2) is 0 Å². The summed E-state index contributed by atoms with van der Waals surface area (Å²) in [5.41, 5.74) is 5.84. The van der Waals surface area contributed by atoms with E-state index in [0.717, 1.165) is 19.4 Å². The van der Waals surface area contributed by atoms with E-state index >= 15 is 0 Å². The van der Waals surface area contributed by atoms with Crippen LogP contribution in [0.15, 0.2) is 17.5 Å². The minimum atomic E-state index is 0.0857. The van der Waals surface area contributed by atoms with Gasteiger partial charge in [-0.05, 0) is 43.7 Å². The molecule has 1 aliphatic rings. The lowest BCUT2D eigenvalue weighted by molar-refractivity contribution is -0.123. The lowest BCUT2D eigenvalue weighted by Gasteiger charge is -2.37. The average molecular weight is 295 g/mol. The summed E-state index contributed by atoms with van der Waals surface area (Å²) < 4.78 is 0. The Labute approximate surface area is 125 Å². The van der Waals surface area contributed by atoms with E-state index in [2.05, 4.69) is 23.2 Å². The molecule has 5 heteroatoms. The number of piperidine rings is 1. The van der Waals surface area contributed by atoms with Crippen LogP contribution in [-0.2, 0) is 4.79 Å². The molecule has 1 saturated heterocycles. The molecule has 112 valence electrons. The van der Waals surface area contributed by atoms with Gasteiger partial charge in [0.1, 0.15) is 0 Å². The van der Waals surface area contributed by atoms with Gasteiger partial charge in [0.25, 0.3) is 0 Å². The molecule has 1 fully saturated rings. The summed E-state index contributed by atoms with van der Waals surface area (Å²) in [4.78, 5) is 15.6. The molecule has 1 amide bonds. The van der Waals surface area contributed by atoms with Crippen molar-refractivity contribution in [3.05, 3.63) is 22.4 Å². The van der Waals surface area contributed by atoms with Crippen LogP contribution in [0.4, 0.5) is 0 Å². The fourth-order valence-corrected chi connectivity index (χ4v) is 3.57. The SMILES string of the molecule is CC1CCN(CC(=O)NC(C)c2cccs2)C(CN)C1. The van der Waals surface area contributed by atoms with Crippen LogP contribution < -0.4 is 11.1 Å². The normalized spacial score (nSPS) is 25.4. The van der Waals surface area contributed by atoms with Gasteiger partial charge >= 0.3 is 0 Å². The Balaban J connectivity index is 1.84. The molecular weight excluding hydrogens is 270 g/mol. The molecule has 3 N–H and O–H groups in total. The van der Waals surface area contributed by atoms with Gasteiger partial charge in [-0.3, -0.25) is 9.69 Å². The summed E-state index contributed by atoms with van der Waals surface area (Å²) in [6, 6.07) is 4.50. The molecule has 0 aromatic carbocycles. The molecule has 3 atom stereocenters. The van der Waals surface area contributed by atoms with E-state index < -0.39 is 0 Å². The molecule has 2 rings (SSSR count). The predicted molar refractivity (Wildman–Crippen MR) is 83.7 cm³/mol. The standard InChI is InChI=1S/C15H25N3OS/c1-11-5-6-18(13(8-11)9-16)10-15(19)17-12(2)14-4-3-7-20-14/h3-4,7,11-13H,5-6,8-10,16H2,1-2H3,(H,17,19). The quantitative estimate of drug-likeness (QED) is 0.873. The lowest BCUT2D eigenvalue weighted by Crippen LogP contribution is -2.50. The Morgan fingerprint density at radius 2 is 2.45 bits per heavy atom. The van der Waals surface area contributed by atoms with Gasteiger partial charge < -0.3 is 11.1 Å². The van der Waals surface area contributed by atoms with Gasteiger partial charge in [-0.1, -0.05) is 13.0 Å². The topological polar surface area (TPSA) is 58.4 Å². The Hall–Kier alpha value is -0.910. The van der Waals surface area contributed by atoms with Crippen LogP contribution in [0, 0.1) is 5.92 Å². The number of nitrogens with zero attached hydrogens (tertiary/aromatic N) is 1. The van der Waals surface area contributed by atoms with E-state index in [1.165, 1.54) is 4.88 Å². The molecule has 1 aliphatic heterocycles. The van der Waals surface area contributed by atoms with E-state index in [4.69, 9.17) is 5.73 Å². The Morgan fingerprint density at radius 1 is 1.65 bits per heavy atom. The third-order valence-electron chi connectivity index (χ3n) is 4.07. The van der Waals surface area contributed by atoms with Gasteiger partial charge in [-0.2, -0.15) is 0 Å². The molecule has 0 radical (unpaired) electrons. The van der Waals surface area contributed by atoms with E-state index in [1.54, 1.807) is 11.3 Å². The number of nitrogens with one attached hydrogen (secondary N) is 1. The fourth-order valence-electron chi connectivity index (χ4n) is 2.83. The number of amides is 1. The summed E-state index contributed by atoms with van der Waals surface area (Å²) in [5.74, 6) is 0.812. The van der Waals surface area contributed by atoms with Crippen molar-refractivity contribution in [1.29, 1.82) is 0 Å². The van der Waals surface area contributed by atoms with E-state index in [-0.39, 0.29) is 11.9 Å². The summed E-state index contributed by atoms with van der Waals surface area (Å²) >= 11 is 1.68. The number of hydrogen-bond acceptors (Lipinski definition) is 4. The van der Waals surface area contributed by atoms with Gasteiger partial charge in [0.2, 0.25) is 5.91 Å². The molecular formula is C15H25N3OS. The van der Waals surface area contributed by atoms with Crippen molar-refractivity contribution in [2.75, 3.05) is 19.6 Å². The second kappa shape index (κ2) is 7.20. The number of hydrogen-bond donors (Lipinski definition) is 2. The van der Waals surface area contributed by atoms with E-state index in [1.807, 2.05) is 18.4 Å². The molecule has 0 aliphatic carbocycles. The number of carbonyl (C=O) groups excluding carboxylic acids is 1. The van der Waals surface area contributed by atoms with Crippen LogP contribution in [0.5, 0.6) is 0 Å². The third kappa shape index (κ3) is 4.04. The van der Waals surface area contributed by atoms with Crippen LogP contribution in [-0.4, -0.2) is 36.5 Å². The third-order valence-corrected chi connectivity index (χ3v) is 5.12. The molecule has 0 bridgehead atoms. The molecule has 0 spiro atoms. The fraction of sp³-hybridized carbons (Fsp3) is 0.667. The van der Waals surface area contributed by atoms with Gasteiger partial charge in [0, 0.05) is 17.5 Å². The van der Waals surface area contributed by atoms with Crippen molar-refractivity contribution >= 4 is 17.2 Å². The number of rotatable bonds is 5. The summed E-state index contributed by atoms with van der Waals surface area (Å²) in [6.45, 7) is 6.37. The highest BCUT2D eigenvalue weighted by molar-refractivity contribution is 7.10. The molecule has 1 aromatic heterocycles. The highest BCUT2D eigenvalue weighted by Crippen LogP contribution is 2.22. The Bertz CT molecular complexity index is 421. The van der Waals surface area contributed by atoms with Crippen molar-refractivity contribution in [2.24, 2.45) is 11.7 Å². The smallest absolute Gasteiger partial charge is 0.234 e. The Morgan fingerprint density at radius 3 is 3.10 bits per heavy atom. The average Bonchev–Trinajstić information content (AvgIpc) is 2.94. The maximum atomic E-state index is 12.2. The number of nitrogens with two attached hydrogens (primary N) is 1. The second-order valence-electron chi connectivity index (χ2n) is 5.79. The zero-order valence-corrected chi connectivity index (χ0v) is 13.2. The molecule has 20 heavy (non-hydrogen) atoms. The van der Waals surface area contributed by atoms with Gasteiger partial charge in [-0.15, -0.1) is 11.3 Å². The first-order chi connectivity index (χ1) is 9.60. The monoisotopic (exact) mass is 295 g/mol. The van der Waals surface area contributed by atoms with Crippen LogP contribution >= 0.6 is 11.3 Å².